The Morgan fingerprint density at radius 2 is 1.90 bits per heavy atom. The third-order valence-electron chi connectivity index (χ3n) is 3.13. The number of nitrogens with zero attached hydrogens (tertiary/aromatic N) is 1. The Morgan fingerprint density at radius 3 is 2.52 bits per heavy atom. The van der Waals surface area contributed by atoms with E-state index in [9.17, 15) is 4.79 Å². The molecule has 3 N–H and O–H groups in total. The molecule has 0 unspecified atom stereocenters. The van der Waals surface area contributed by atoms with E-state index in [1.165, 1.54) is 0 Å². The molecular weight excluding hydrogens is 330 g/mol. The molecule has 110 valence electrons. The van der Waals surface area contributed by atoms with Crippen molar-refractivity contribution >= 4 is 38.9 Å². The van der Waals surface area contributed by atoms with Crippen LogP contribution in [0.5, 0.6) is 0 Å². The Morgan fingerprint density at radius 1 is 1.19 bits per heavy atom. The van der Waals surface area contributed by atoms with Crippen LogP contribution in [0.1, 0.15) is 15.9 Å². The highest BCUT2D eigenvalue weighted by atomic mass is 79.9. The van der Waals surface area contributed by atoms with Crippen molar-refractivity contribution in [2.24, 2.45) is 0 Å². The van der Waals surface area contributed by atoms with Crippen LogP contribution >= 0.6 is 15.9 Å². The Kier molecular flexibility index (Phi) is 4.53. The van der Waals surface area contributed by atoms with Crippen molar-refractivity contribution in [2.45, 2.75) is 6.92 Å². The SMILES string of the molecule is Cc1ccc(Nc2cc(N)ccc2C(=O)N(C)C)cc1Br. The van der Waals surface area contributed by atoms with Crippen LogP contribution < -0.4 is 11.1 Å². The number of nitrogens with two attached hydrogens (primary N) is 1. The Bertz CT molecular complexity index is 683. The van der Waals surface area contributed by atoms with Gasteiger partial charge in [0.25, 0.3) is 5.91 Å². The second-order valence-corrected chi connectivity index (χ2v) is 5.95. The number of nitrogens with one attached hydrogen (secondary N) is 1. The van der Waals surface area contributed by atoms with Gasteiger partial charge in [0, 0.05) is 29.9 Å². The largest absolute Gasteiger partial charge is 0.399 e. The van der Waals surface area contributed by atoms with E-state index in [1.807, 2.05) is 25.1 Å². The first-order valence-electron chi connectivity index (χ1n) is 6.53. The highest BCUT2D eigenvalue weighted by Crippen LogP contribution is 2.27. The number of aryl methyl sites for hydroxylation is 1. The van der Waals surface area contributed by atoms with Gasteiger partial charge in [-0.1, -0.05) is 22.0 Å². The van der Waals surface area contributed by atoms with Crippen molar-refractivity contribution in [1.29, 1.82) is 0 Å². The molecule has 4 nitrogen and oxygen atoms in total. The number of halogens is 1. The van der Waals surface area contributed by atoms with E-state index in [4.69, 9.17) is 5.73 Å². The van der Waals surface area contributed by atoms with Crippen LogP contribution in [0.4, 0.5) is 17.1 Å². The minimum atomic E-state index is -0.0660. The number of carbonyl (C=O) groups excluding carboxylic acids is 1. The van der Waals surface area contributed by atoms with Crippen molar-refractivity contribution in [3.05, 3.63) is 52.0 Å². The van der Waals surface area contributed by atoms with Crippen LogP contribution in [0, 0.1) is 6.92 Å². The zero-order valence-corrected chi connectivity index (χ0v) is 13.9. The van der Waals surface area contributed by atoms with Crippen molar-refractivity contribution in [3.8, 4) is 0 Å². The molecule has 0 aliphatic carbocycles. The fourth-order valence-corrected chi connectivity index (χ4v) is 2.30. The minimum Gasteiger partial charge on any atom is -0.399 e. The predicted octanol–water partition coefficient (Wildman–Crippen LogP) is 3.79. The molecule has 0 saturated carbocycles. The van der Waals surface area contributed by atoms with Gasteiger partial charge < -0.3 is 16.0 Å². The van der Waals surface area contributed by atoms with Gasteiger partial charge in [0.1, 0.15) is 0 Å². The van der Waals surface area contributed by atoms with E-state index in [0.29, 0.717) is 16.9 Å². The summed E-state index contributed by atoms with van der Waals surface area (Å²) < 4.78 is 1.01. The zero-order valence-electron chi connectivity index (χ0n) is 12.3. The summed E-state index contributed by atoms with van der Waals surface area (Å²) in [6.07, 6.45) is 0. The van der Waals surface area contributed by atoms with E-state index >= 15 is 0 Å². The first-order valence-corrected chi connectivity index (χ1v) is 7.32. The average molecular weight is 348 g/mol. The van der Waals surface area contributed by atoms with Crippen LogP contribution in [0.15, 0.2) is 40.9 Å². The molecule has 0 bridgehead atoms. The van der Waals surface area contributed by atoms with E-state index in [1.54, 1.807) is 37.2 Å². The van der Waals surface area contributed by atoms with Crippen LogP contribution in [-0.2, 0) is 0 Å². The Balaban J connectivity index is 2.40. The Labute approximate surface area is 133 Å². The van der Waals surface area contributed by atoms with Gasteiger partial charge in [-0.25, -0.2) is 0 Å². The lowest BCUT2D eigenvalue weighted by Gasteiger charge is -2.16. The van der Waals surface area contributed by atoms with Crippen molar-refractivity contribution in [3.63, 3.8) is 0 Å². The molecular formula is C16H18BrN3O. The lowest BCUT2D eigenvalue weighted by atomic mass is 10.1. The maximum atomic E-state index is 12.2. The normalized spacial score (nSPS) is 10.3. The number of anilines is 3. The van der Waals surface area contributed by atoms with Gasteiger partial charge in [0.05, 0.1) is 11.3 Å². The summed E-state index contributed by atoms with van der Waals surface area (Å²) in [5, 5.41) is 3.26. The fraction of sp³-hybridized carbons (Fsp3) is 0.188. The van der Waals surface area contributed by atoms with Crippen LogP contribution in [0.2, 0.25) is 0 Å². The third kappa shape index (κ3) is 3.55. The number of benzene rings is 2. The molecule has 0 aliphatic heterocycles. The van der Waals surface area contributed by atoms with Gasteiger partial charge in [0.2, 0.25) is 0 Å². The third-order valence-corrected chi connectivity index (χ3v) is 3.99. The van der Waals surface area contributed by atoms with Crippen molar-refractivity contribution in [2.75, 3.05) is 25.1 Å². The predicted molar refractivity (Wildman–Crippen MR) is 91.0 cm³/mol. The molecule has 0 atom stereocenters. The standard InChI is InChI=1S/C16H18BrN3O/c1-10-4-6-12(9-14(10)17)19-15-8-11(18)5-7-13(15)16(21)20(2)3/h4-9,19H,18H2,1-3H3. The van der Waals surface area contributed by atoms with E-state index in [-0.39, 0.29) is 5.91 Å². The highest BCUT2D eigenvalue weighted by molar-refractivity contribution is 9.10. The minimum absolute atomic E-state index is 0.0660. The summed E-state index contributed by atoms with van der Waals surface area (Å²) in [4.78, 5) is 13.8. The van der Waals surface area contributed by atoms with Gasteiger partial charge in [0.15, 0.2) is 0 Å². The molecule has 0 fully saturated rings. The van der Waals surface area contributed by atoms with Gasteiger partial charge in [-0.3, -0.25) is 4.79 Å². The summed E-state index contributed by atoms with van der Waals surface area (Å²) in [6.45, 7) is 2.02. The average Bonchev–Trinajstić information content (AvgIpc) is 2.42. The molecule has 2 rings (SSSR count). The number of hydrogen-bond acceptors (Lipinski definition) is 3. The number of carbonyl (C=O) groups is 1. The maximum absolute atomic E-state index is 12.2. The summed E-state index contributed by atoms with van der Waals surface area (Å²) in [6, 6.07) is 11.2. The first-order chi connectivity index (χ1) is 9.88. The summed E-state index contributed by atoms with van der Waals surface area (Å²) in [7, 11) is 3.45. The molecule has 0 aromatic heterocycles. The maximum Gasteiger partial charge on any atom is 0.255 e. The van der Waals surface area contributed by atoms with Crippen molar-refractivity contribution < 1.29 is 4.79 Å². The molecule has 0 saturated heterocycles. The smallest absolute Gasteiger partial charge is 0.255 e. The summed E-state index contributed by atoms with van der Waals surface area (Å²) >= 11 is 3.50. The molecule has 2 aromatic carbocycles. The molecule has 2 aromatic rings. The van der Waals surface area contributed by atoms with Gasteiger partial charge >= 0.3 is 0 Å². The molecule has 5 heteroatoms. The van der Waals surface area contributed by atoms with Gasteiger partial charge in [-0.05, 0) is 42.8 Å². The lowest BCUT2D eigenvalue weighted by molar-refractivity contribution is 0.0828. The summed E-state index contributed by atoms with van der Waals surface area (Å²) in [5.41, 5.74) is 9.78. The topological polar surface area (TPSA) is 58.4 Å². The fourth-order valence-electron chi connectivity index (χ4n) is 1.92. The molecule has 0 heterocycles. The number of nitrogen functional groups attached to an aromatic ring is 1. The lowest BCUT2D eigenvalue weighted by Crippen LogP contribution is -2.22. The highest BCUT2D eigenvalue weighted by Gasteiger charge is 2.14. The van der Waals surface area contributed by atoms with Gasteiger partial charge in [-0.15, -0.1) is 0 Å². The zero-order chi connectivity index (χ0) is 15.6. The monoisotopic (exact) mass is 347 g/mol. The van der Waals surface area contributed by atoms with E-state index in [0.717, 1.165) is 15.7 Å². The van der Waals surface area contributed by atoms with Crippen molar-refractivity contribution in [1.82, 2.24) is 4.90 Å². The first kappa shape index (κ1) is 15.4. The van der Waals surface area contributed by atoms with E-state index < -0.39 is 0 Å². The molecule has 0 radical (unpaired) electrons. The molecule has 0 spiro atoms. The van der Waals surface area contributed by atoms with E-state index in [2.05, 4.69) is 21.2 Å². The van der Waals surface area contributed by atoms with Crippen LogP contribution in [0.25, 0.3) is 0 Å². The second-order valence-electron chi connectivity index (χ2n) is 5.09. The van der Waals surface area contributed by atoms with Crippen LogP contribution in [-0.4, -0.2) is 24.9 Å². The Hall–Kier alpha value is -2.01. The molecule has 21 heavy (non-hydrogen) atoms. The second kappa shape index (κ2) is 6.18. The number of hydrogen-bond donors (Lipinski definition) is 2. The number of amides is 1. The molecule has 0 aliphatic rings. The number of rotatable bonds is 3. The van der Waals surface area contributed by atoms with Gasteiger partial charge in [-0.2, -0.15) is 0 Å². The quantitative estimate of drug-likeness (QED) is 0.830. The summed E-state index contributed by atoms with van der Waals surface area (Å²) in [5.74, 6) is -0.0660. The van der Waals surface area contributed by atoms with Crippen LogP contribution in [0.3, 0.4) is 0 Å². The molecule has 1 amide bonds.